The van der Waals surface area contributed by atoms with Gasteiger partial charge in [0, 0.05) is 6.07 Å². The van der Waals surface area contributed by atoms with Crippen LogP contribution in [0, 0.1) is 0 Å². The van der Waals surface area contributed by atoms with E-state index in [0.29, 0.717) is 11.3 Å². The van der Waals surface area contributed by atoms with E-state index in [1.807, 2.05) is 0 Å². The summed E-state index contributed by atoms with van der Waals surface area (Å²) in [5.74, 6) is -1.44. The molecule has 0 spiro atoms. The number of nitrogens with one attached hydrogen (secondary N) is 1. The minimum atomic E-state index is -4.01. The van der Waals surface area contributed by atoms with Crippen molar-refractivity contribution in [2.24, 2.45) is 0 Å². The predicted molar refractivity (Wildman–Crippen MR) is 56.4 cm³/mol. The van der Waals surface area contributed by atoms with Gasteiger partial charge in [0.2, 0.25) is 0 Å². The maximum absolute atomic E-state index is 11.8. The molecule has 0 radical (unpaired) electrons. The average molecular weight is 275 g/mol. The van der Waals surface area contributed by atoms with Gasteiger partial charge in [-0.15, -0.1) is 11.3 Å². The number of nitrogens with zero attached hydrogens (tertiary/aromatic N) is 2. The zero-order valence-corrected chi connectivity index (χ0v) is 9.66. The summed E-state index contributed by atoms with van der Waals surface area (Å²) in [5.41, 5.74) is 0.617. The number of carboxylic acid groups (broad SMARTS) is 1. The molecule has 0 fully saturated rings. The third kappa shape index (κ3) is 2.26. The standard InChI is InChI=1S/C7H5N3O5S2/c11-6(12)5-7(16-3-8-5)17(13,14)10-4-1-2-15-9-4/h1-3H,(H,9,10)(H,11,12). The first-order valence-electron chi connectivity index (χ1n) is 4.10. The highest BCUT2D eigenvalue weighted by atomic mass is 32.2. The van der Waals surface area contributed by atoms with Crippen molar-refractivity contribution in [3.63, 3.8) is 0 Å². The van der Waals surface area contributed by atoms with Crippen molar-refractivity contribution >= 4 is 33.1 Å². The van der Waals surface area contributed by atoms with E-state index in [1.54, 1.807) is 0 Å². The Morgan fingerprint density at radius 3 is 2.88 bits per heavy atom. The fourth-order valence-corrected chi connectivity index (χ4v) is 3.15. The number of rotatable bonds is 4. The number of aromatic carboxylic acids is 1. The van der Waals surface area contributed by atoms with Gasteiger partial charge >= 0.3 is 5.97 Å². The van der Waals surface area contributed by atoms with E-state index < -0.39 is 21.7 Å². The Bertz CT molecular complexity index is 630. The molecule has 17 heavy (non-hydrogen) atoms. The minimum absolute atomic E-state index is 0.0326. The maximum atomic E-state index is 11.8. The van der Waals surface area contributed by atoms with Crippen LogP contribution in [0.2, 0.25) is 0 Å². The topological polar surface area (TPSA) is 122 Å². The van der Waals surface area contributed by atoms with E-state index in [2.05, 4.69) is 19.4 Å². The number of aromatic nitrogens is 2. The van der Waals surface area contributed by atoms with Gasteiger partial charge in [0.15, 0.2) is 15.7 Å². The van der Waals surface area contributed by atoms with Crippen molar-refractivity contribution in [3.8, 4) is 0 Å². The molecule has 2 heterocycles. The molecule has 0 saturated heterocycles. The summed E-state index contributed by atoms with van der Waals surface area (Å²) in [6, 6.07) is 1.29. The van der Waals surface area contributed by atoms with E-state index in [0.717, 1.165) is 5.51 Å². The van der Waals surface area contributed by atoms with Gasteiger partial charge in [-0.05, 0) is 0 Å². The molecule has 0 aliphatic heterocycles. The summed E-state index contributed by atoms with van der Waals surface area (Å²) in [5, 5.41) is 12.1. The predicted octanol–water partition coefficient (Wildman–Crippen LogP) is 0.630. The largest absolute Gasteiger partial charge is 0.476 e. The smallest absolute Gasteiger partial charge is 0.356 e. The van der Waals surface area contributed by atoms with Gasteiger partial charge in [-0.1, -0.05) is 5.16 Å². The molecule has 0 aliphatic rings. The van der Waals surface area contributed by atoms with Crippen molar-refractivity contribution in [2.75, 3.05) is 4.72 Å². The number of anilines is 1. The number of carboxylic acids is 1. The number of thiazole rings is 1. The lowest BCUT2D eigenvalue weighted by molar-refractivity contribution is 0.0687. The van der Waals surface area contributed by atoms with Crippen molar-refractivity contribution in [2.45, 2.75) is 4.21 Å². The van der Waals surface area contributed by atoms with E-state index >= 15 is 0 Å². The van der Waals surface area contributed by atoms with Gasteiger partial charge in [-0.25, -0.2) is 18.2 Å². The van der Waals surface area contributed by atoms with Gasteiger partial charge < -0.3 is 9.63 Å². The molecule has 0 atom stereocenters. The fraction of sp³-hybridized carbons (Fsp3) is 0. The van der Waals surface area contributed by atoms with Gasteiger partial charge in [0.05, 0.1) is 5.51 Å². The molecule has 0 amide bonds. The number of hydrogen-bond donors (Lipinski definition) is 2. The molecule has 2 aromatic heterocycles. The fourth-order valence-electron chi connectivity index (χ4n) is 1.02. The van der Waals surface area contributed by atoms with Crippen LogP contribution in [-0.4, -0.2) is 29.6 Å². The normalized spacial score (nSPS) is 11.3. The molecule has 0 saturated carbocycles. The van der Waals surface area contributed by atoms with Crippen molar-refractivity contribution < 1.29 is 22.8 Å². The number of hydrogen-bond acceptors (Lipinski definition) is 7. The van der Waals surface area contributed by atoms with Crippen LogP contribution in [0.4, 0.5) is 5.82 Å². The SMILES string of the molecule is O=C(O)c1ncsc1S(=O)(=O)Nc1ccon1. The van der Waals surface area contributed by atoms with E-state index in [4.69, 9.17) is 5.11 Å². The maximum Gasteiger partial charge on any atom is 0.356 e. The first-order valence-corrected chi connectivity index (χ1v) is 6.47. The molecule has 0 unspecified atom stereocenters. The highest BCUT2D eigenvalue weighted by molar-refractivity contribution is 7.94. The molecule has 10 heteroatoms. The molecule has 0 bridgehead atoms. The molecular formula is C7H5N3O5S2. The number of sulfonamides is 1. The van der Waals surface area contributed by atoms with Crippen LogP contribution >= 0.6 is 11.3 Å². The monoisotopic (exact) mass is 275 g/mol. The van der Waals surface area contributed by atoms with Crippen molar-refractivity contribution in [1.29, 1.82) is 0 Å². The lowest BCUT2D eigenvalue weighted by Gasteiger charge is -2.02. The van der Waals surface area contributed by atoms with Crippen LogP contribution in [0.25, 0.3) is 0 Å². The summed E-state index contributed by atoms with van der Waals surface area (Å²) in [7, 11) is -4.01. The summed E-state index contributed by atoms with van der Waals surface area (Å²) in [6.45, 7) is 0. The van der Waals surface area contributed by atoms with Crippen LogP contribution in [0.5, 0.6) is 0 Å². The molecule has 2 rings (SSSR count). The molecule has 0 aromatic carbocycles. The molecular weight excluding hydrogens is 270 g/mol. The van der Waals surface area contributed by atoms with Crippen molar-refractivity contribution in [3.05, 3.63) is 23.5 Å². The van der Waals surface area contributed by atoms with Crippen LogP contribution in [0.15, 0.2) is 26.6 Å². The summed E-state index contributed by atoms with van der Waals surface area (Å²) in [6.07, 6.45) is 1.18. The first-order chi connectivity index (χ1) is 8.00. The second kappa shape index (κ2) is 4.14. The highest BCUT2D eigenvalue weighted by Crippen LogP contribution is 2.22. The third-order valence-electron chi connectivity index (χ3n) is 1.66. The highest BCUT2D eigenvalue weighted by Gasteiger charge is 2.26. The third-order valence-corrected chi connectivity index (χ3v) is 4.38. The lowest BCUT2D eigenvalue weighted by atomic mass is 10.5. The van der Waals surface area contributed by atoms with Gasteiger partial charge in [0.1, 0.15) is 6.26 Å². The summed E-state index contributed by atoms with van der Waals surface area (Å²) < 4.78 is 29.7. The zero-order valence-electron chi connectivity index (χ0n) is 8.02. The Morgan fingerprint density at radius 2 is 2.29 bits per heavy atom. The first kappa shape index (κ1) is 11.5. The Labute approximate surface area is 98.9 Å². The second-order valence-electron chi connectivity index (χ2n) is 2.78. The quantitative estimate of drug-likeness (QED) is 0.838. The Kier molecular flexibility index (Phi) is 2.81. The average Bonchev–Trinajstić information content (AvgIpc) is 2.84. The Morgan fingerprint density at radius 1 is 1.53 bits per heavy atom. The minimum Gasteiger partial charge on any atom is -0.476 e. The molecule has 0 aliphatic carbocycles. The van der Waals surface area contributed by atoms with E-state index in [9.17, 15) is 13.2 Å². The zero-order chi connectivity index (χ0) is 12.5. The second-order valence-corrected chi connectivity index (χ2v) is 5.52. The summed E-state index contributed by atoms with van der Waals surface area (Å²) >= 11 is 0.706. The molecule has 8 nitrogen and oxygen atoms in total. The van der Waals surface area contributed by atoms with Crippen molar-refractivity contribution in [1.82, 2.24) is 10.1 Å². The van der Waals surface area contributed by atoms with Crippen LogP contribution < -0.4 is 4.72 Å². The Hall–Kier alpha value is -1.94. The van der Waals surface area contributed by atoms with Gasteiger partial charge in [-0.3, -0.25) is 4.72 Å². The van der Waals surface area contributed by atoms with Crippen LogP contribution in [0.1, 0.15) is 10.5 Å². The van der Waals surface area contributed by atoms with E-state index in [-0.39, 0.29) is 10.0 Å². The molecule has 2 N–H and O–H groups in total. The lowest BCUT2D eigenvalue weighted by Crippen LogP contribution is -2.15. The van der Waals surface area contributed by atoms with Crippen LogP contribution in [0.3, 0.4) is 0 Å². The van der Waals surface area contributed by atoms with E-state index in [1.165, 1.54) is 12.3 Å². The van der Waals surface area contributed by atoms with Gasteiger partial charge in [-0.2, -0.15) is 0 Å². The van der Waals surface area contributed by atoms with Crippen LogP contribution in [-0.2, 0) is 10.0 Å². The Balaban J connectivity index is 2.38. The number of carbonyl (C=O) groups is 1. The summed E-state index contributed by atoms with van der Waals surface area (Å²) in [4.78, 5) is 14.2. The molecule has 90 valence electrons. The molecule has 2 aromatic rings. The van der Waals surface area contributed by atoms with Gasteiger partial charge in [0.25, 0.3) is 10.0 Å².